The molecule has 0 radical (unpaired) electrons. The number of benzene rings is 2. The zero-order chi connectivity index (χ0) is 16.9. The van der Waals surface area contributed by atoms with Gasteiger partial charge in [0.1, 0.15) is 13.2 Å². The van der Waals surface area contributed by atoms with Crippen LogP contribution in [0, 0.1) is 0 Å². The maximum Gasteiger partial charge on any atom is 0.222 e. The molecule has 126 valence electrons. The van der Waals surface area contributed by atoms with Crippen LogP contribution < -0.4 is 9.47 Å². The summed E-state index contributed by atoms with van der Waals surface area (Å²) in [5, 5.41) is 0.708. The quantitative estimate of drug-likeness (QED) is 0.829. The van der Waals surface area contributed by atoms with Crippen LogP contribution in [-0.2, 0) is 17.8 Å². The van der Waals surface area contributed by atoms with Crippen LogP contribution in [0.15, 0.2) is 42.5 Å². The average molecular weight is 346 g/mol. The van der Waals surface area contributed by atoms with Crippen molar-refractivity contribution in [2.24, 2.45) is 0 Å². The minimum Gasteiger partial charge on any atom is -0.486 e. The van der Waals surface area contributed by atoms with Gasteiger partial charge in [0.25, 0.3) is 0 Å². The average Bonchev–Trinajstić information content (AvgIpc) is 2.60. The summed E-state index contributed by atoms with van der Waals surface area (Å²) in [6.07, 6.45) is 1.08. The molecule has 0 saturated heterocycles. The number of aryl methyl sites for hydroxylation is 1. The van der Waals surface area contributed by atoms with Crippen LogP contribution >= 0.6 is 11.6 Å². The molecule has 0 aliphatic carbocycles. The summed E-state index contributed by atoms with van der Waals surface area (Å²) in [5.74, 6) is 1.60. The largest absolute Gasteiger partial charge is 0.486 e. The molecule has 0 unspecified atom stereocenters. The third-order valence-corrected chi connectivity index (χ3v) is 4.39. The van der Waals surface area contributed by atoms with E-state index in [1.807, 2.05) is 49.5 Å². The highest BCUT2D eigenvalue weighted by Gasteiger charge is 2.14. The lowest BCUT2D eigenvalue weighted by molar-refractivity contribution is -0.130. The van der Waals surface area contributed by atoms with Gasteiger partial charge in [0.15, 0.2) is 11.5 Å². The van der Waals surface area contributed by atoms with Crippen LogP contribution in [0.2, 0.25) is 5.02 Å². The highest BCUT2D eigenvalue weighted by molar-refractivity contribution is 6.31. The molecule has 1 aliphatic rings. The number of nitrogens with zero attached hydrogens (tertiary/aromatic N) is 1. The molecule has 24 heavy (non-hydrogen) atoms. The molecule has 0 spiro atoms. The highest BCUT2D eigenvalue weighted by atomic mass is 35.5. The van der Waals surface area contributed by atoms with E-state index >= 15 is 0 Å². The fraction of sp³-hybridized carbons (Fsp3) is 0.316. The fourth-order valence-electron chi connectivity index (χ4n) is 2.68. The van der Waals surface area contributed by atoms with Gasteiger partial charge >= 0.3 is 0 Å². The number of carbonyl (C=O) groups excluding carboxylic acids is 1. The van der Waals surface area contributed by atoms with Gasteiger partial charge in [0.2, 0.25) is 5.91 Å². The Hall–Kier alpha value is -2.20. The monoisotopic (exact) mass is 345 g/mol. The number of halogens is 1. The minimum atomic E-state index is 0.0878. The number of fused-ring (bicyclic) bond motifs is 1. The van der Waals surface area contributed by atoms with Crippen molar-refractivity contribution in [2.45, 2.75) is 19.4 Å². The molecule has 5 heteroatoms. The van der Waals surface area contributed by atoms with Crippen LogP contribution in [0.5, 0.6) is 11.5 Å². The molecule has 1 aliphatic heterocycles. The predicted molar refractivity (Wildman–Crippen MR) is 93.7 cm³/mol. The summed E-state index contributed by atoms with van der Waals surface area (Å²) in [6.45, 7) is 1.67. The third kappa shape index (κ3) is 4.01. The number of rotatable bonds is 5. The maximum absolute atomic E-state index is 12.3. The third-order valence-electron chi connectivity index (χ3n) is 4.02. The summed E-state index contributed by atoms with van der Waals surface area (Å²) in [5.41, 5.74) is 2.02. The molecule has 0 bridgehead atoms. The Morgan fingerprint density at radius 1 is 1.12 bits per heavy atom. The number of amides is 1. The highest BCUT2D eigenvalue weighted by Crippen LogP contribution is 2.31. The van der Waals surface area contributed by atoms with E-state index in [4.69, 9.17) is 21.1 Å². The van der Waals surface area contributed by atoms with Crippen molar-refractivity contribution >= 4 is 17.5 Å². The van der Waals surface area contributed by atoms with Gasteiger partial charge < -0.3 is 14.4 Å². The molecule has 2 aromatic carbocycles. The Kier molecular flexibility index (Phi) is 5.26. The molecular weight excluding hydrogens is 326 g/mol. The van der Waals surface area contributed by atoms with Crippen molar-refractivity contribution in [3.05, 3.63) is 58.6 Å². The van der Waals surface area contributed by atoms with Gasteiger partial charge in [-0.2, -0.15) is 0 Å². The normalized spacial score (nSPS) is 12.8. The second kappa shape index (κ2) is 7.58. The van der Waals surface area contributed by atoms with Crippen molar-refractivity contribution in [3.8, 4) is 11.5 Å². The van der Waals surface area contributed by atoms with Crippen LogP contribution in [0.25, 0.3) is 0 Å². The summed E-state index contributed by atoms with van der Waals surface area (Å²) in [7, 11) is 1.81. The van der Waals surface area contributed by atoms with E-state index in [2.05, 4.69) is 0 Å². The molecule has 2 aromatic rings. The number of ether oxygens (including phenoxy) is 2. The first-order valence-electron chi connectivity index (χ1n) is 7.99. The Morgan fingerprint density at radius 3 is 2.67 bits per heavy atom. The Bertz CT molecular complexity index is 732. The van der Waals surface area contributed by atoms with E-state index in [-0.39, 0.29) is 5.91 Å². The zero-order valence-corrected chi connectivity index (χ0v) is 14.4. The number of hydrogen-bond donors (Lipinski definition) is 0. The second-order valence-corrected chi connectivity index (χ2v) is 6.23. The van der Waals surface area contributed by atoms with E-state index in [1.165, 1.54) is 0 Å². The lowest BCUT2D eigenvalue weighted by Gasteiger charge is -2.21. The van der Waals surface area contributed by atoms with Crippen molar-refractivity contribution in [3.63, 3.8) is 0 Å². The first-order valence-corrected chi connectivity index (χ1v) is 8.37. The maximum atomic E-state index is 12.3. The summed E-state index contributed by atoms with van der Waals surface area (Å²) in [4.78, 5) is 14.1. The standard InChI is InChI=1S/C19H20ClNO3/c1-21(19(22)9-7-15-4-2-3-5-16(15)20)13-14-6-8-17-18(12-14)24-11-10-23-17/h2-6,8,12H,7,9-11,13H2,1H3. The van der Waals surface area contributed by atoms with Gasteiger partial charge in [-0.1, -0.05) is 35.9 Å². The molecule has 0 atom stereocenters. The van der Waals surface area contributed by atoms with Crippen LogP contribution in [-0.4, -0.2) is 31.1 Å². The second-order valence-electron chi connectivity index (χ2n) is 5.82. The van der Waals surface area contributed by atoms with Gasteiger partial charge in [-0.3, -0.25) is 4.79 Å². The van der Waals surface area contributed by atoms with E-state index in [0.717, 1.165) is 22.6 Å². The first-order chi connectivity index (χ1) is 11.6. The summed E-state index contributed by atoms with van der Waals surface area (Å²) < 4.78 is 11.1. The summed E-state index contributed by atoms with van der Waals surface area (Å²) in [6, 6.07) is 13.4. The molecular formula is C19H20ClNO3. The molecule has 0 fully saturated rings. The van der Waals surface area contributed by atoms with Gasteiger partial charge in [-0.05, 0) is 35.7 Å². The molecule has 1 amide bonds. The van der Waals surface area contributed by atoms with Crippen molar-refractivity contribution in [2.75, 3.05) is 20.3 Å². The predicted octanol–water partition coefficient (Wildman–Crippen LogP) is 3.70. The minimum absolute atomic E-state index is 0.0878. The molecule has 1 heterocycles. The zero-order valence-electron chi connectivity index (χ0n) is 13.6. The molecule has 0 saturated carbocycles. The smallest absolute Gasteiger partial charge is 0.222 e. The number of hydrogen-bond acceptors (Lipinski definition) is 3. The lowest BCUT2D eigenvalue weighted by Crippen LogP contribution is -2.26. The van der Waals surface area contributed by atoms with E-state index in [0.29, 0.717) is 37.6 Å². The van der Waals surface area contributed by atoms with Crippen LogP contribution in [0.3, 0.4) is 0 Å². The first kappa shape index (κ1) is 16.7. The Labute approximate surface area is 146 Å². The molecule has 0 N–H and O–H groups in total. The van der Waals surface area contributed by atoms with Crippen LogP contribution in [0.1, 0.15) is 17.5 Å². The van der Waals surface area contributed by atoms with E-state index < -0.39 is 0 Å². The van der Waals surface area contributed by atoms with Gasteiger partial charge in [0.05, 0.1) is 0 Å². The van der Waals surface area contributed by atoms with Gasteiger partial charge in [-0.15, -0.1) is 0 Å². The molecule has 3 rings (SSSR count). The van der Waals surface area contributed by atoms with Crippen molar-refractivity contribution in [1.82, 2.24) is 4.90 Å². The fourth-order valence-corrected chi connectivity index (χ4v) is 2.91. The SMILES string of the molecule is CN(Cc1ccc2c(c1)OCCO2)C(=O)CCc1ccccc1Cl. The Balaban J connectivity index is 1.57. The van der Waals surface area contributed by atoms with Crippen molar-refractivity contribution in [1.29, 1.82) is 0 Å². The number of carbonyl (C=O) groups is 1. The van der Waals surface area contributed by atoms with E-state index in [9.17, 15) is 4.79 Å². The van der Waals surface area contributed by atoms with Gasteiger partial charge in [-0.25, -0.2) is 0 Å². The summed E-state index contributed by atoms with van der Waals surface area (Å²) >= 11 is 6.13. The Morgan fingerprint density at radius 2 is 1.88 bits per heavy atom. The van der Waals surface area contributed by atoms with Crippen molar-refractivity contribution < 1.29 is 14.3 Å². The van der Waals surface area contributed by atoms with Gasteiger partial charge in [0, 0.05) is 25.0 Å². The van der Waals surface area contributed by atoms with Crippen LogP contribution in [0.4, 0.5) is 0 Å². The molecule has 0 aromatic heterocycles. The topological polar surface area (TPSA) is 38.8 Å². The van der Waals surface area contributed by atoms with E-state index in [1.54, 1.807) is 4.90 Å². The lowest BCUT2D eigenvalue weighted by atomic mass is 10.1. The molecule has 4 nitrogen and oxygen atoms in total.